The van der Waals surface area contributed by atoms with Crippen LogP contribution in [0.1, 0.15) is 21.5 Å². The SMILES string of the molecule is Cc1cc(C)cc(NC(=O)c2cc([N+](=O)[O-])ccc2Br)c1. The van der Waals surface area contributed by atoms with E-state index in [-0.39, 0.29) is 11.3 Å². The van der Waals surface area contributed by atoms with Gasteiger partial charge in [-0.1, -0.05) is 6.07 Å². The van der Waals surface area contributed by atoms with E-state index in [2.05, 4.69) is 21.2 Å². The average molecular weight is 349 g/mol. The molecule has 108 valence electrons. The second-order valence-corrected chi connectivity index (χ2v) is 5.61. The quantitative estimate of drug-likeness (QED) is 0.666. The van der Waals surface area contributed by atoms with Crippen LogP contribution in [0.15, 0.2) is 40.9 Å². The van der Waals surface area contributed by atoms with Gasteiger partial charge in [-0.25, -0.2) is 0 Å². The van der Waals surface area contributed by atoms with Gasteiger partial charge in [0.2, 0.25) is 0 Å². The number of nitro benzene ring substituents is 1. The minimum atomic E-state index is -0.528. The van der Waals surface area contributed by atoms with Gasteiger partial charge in [0.25, 0.3) is 11.6 Å². The van der Waals surface area contributed by atoms with Crippen molar-refractivity contribution in [3.05, 3.63) is 67.7 Å². The summed E-state index contributed by atoms with van der Waals surface area (Å²) in [4.78, 5) is 22.5. The number of nitrogens with one attached hydrogen (secondary N) is 1. The number of carbonyl (C=O) groups is 1. The van der Waals surface area contributed by atoms with Gasteiger partial charge in [0.05, 0.1) is 10.5 Å². The van der Waals surface area contributed by atoms with Gasteiger partial charge in [-0.3, -0.25) is 14.9 Å². The number of hydrogen-bond donors (Lipinski definition) is 1. The molecule has 0 aliphatic carbocycles. The van der Waals surface area contributed by atoms with E-state index in [0.29, 0.717) is 10.2 Å². The number of carbonyl (C=O) groups excluding carboxylic acids is 1. The Labute approximate surface area is 130 Å². The normalized spacial score (nSPS) is 10.2. The summed E-state index contributed by atoms with van der Waals surface area (Å²) in [5, 5.41) is 13.5. The number of rotatable bonds is 3. The van der Waals surface area contributed by atoms with Crippen molar-refractivity contribution in [3.8, 4) is 0 Å². The smallest absolute Gasteiger partial charge is 0.270 e. The van der Waals surface area contributed by atoms with E-state index in [1.807, 2.05) is 32.0 Å². The zero-order valence-electron chi connectivity index (χ0n) is 11.5. The van der Waals surface area contributed by atoms with Crippen LogP contribution < -0.4 is 5.32 Å². The van der Waals surface area contributed by atoms with Crippen LogP contribution in [-0.2, 0) is 0 Å². The molecule has 6 heteroatoms. The van der Waals surface area contributed by atoms with Crippen LogP contribution in [-0.4, -0.2) is 10.8 Å². The molecule has 0 bridgehead atoms. The molecule has 2 aromatic rings. The van der Waals surface area contributed by atoms with Crippen molar-refractivity contribution in [2.45, 2.75) is 13.8 Å². The molecule has 1 amide bonds. The first-order valence-corrected chi connectivity index (χ1v) is 6.99. The molecule has 2 rings (SSSR count). The summed E-state index contributed by atoms with van der Waals surface area (Å²) < 4.78 is 0.509. The van der Waals surface area contributed by atoms with Crippen molar-refractivity contribution >= 4 is 33.2 Å². The van der Waals surface area contributed by atoms with Crippen molar-refractivity contribution < 1.29 is 9.72 Å². The molecule has 0 radical (unpaired) electrons. The molecule has 0 saturated heterocycles. The Morgan fingerprint density at radius 3 is 2.33 bits per heavy atom. The van der Waals surface area contributed by atoms with Gasteiger partial charge in [0.15, 0.2) is 0 Å². The van der Waals surface area contributed by atoms with Crippen molar-refractivity contribution in [1.29, 1.82) is 0 Å². The molecule has 0 spiro atoms. The van der Waals surface area contributed by atoms with Gasteiger partial charge >= 0.3 is 0 Å². The summed E-state index contributed by atoms with van der Waals surface area (Å²) in [6.45, 7) is 3.87. The summed E-state index contributed by atoms with van der Waals surface area (Å²) >= 11 is 3.24. The van der Waals surface area contributed by atoms with Gasteiger partial charge < -0.3 is 5.32 Å². The first-order valence-electron chi connectivity index (χ1n) is 6.20. The Kier molecular flexibility index (Phi) is 4.37. The highest BCUT2D eigenvalue weighted by Crippen LogP contribution is 2.24. The summed E-state index contributed by atoms with van der Waals surface area (Å²) in [5.74, 6) is -0.393. The first-order chi connectivity index (χ1) is 9.86. The number of benzene rings is 2. The predicted molar refractivity (Wildman–Crippen MR) is 84.7 cm³/mol. The number of anilines is 1. The van der Waals surface area contributed by atoms with E-state index in [1.54, 1.807) is 0 Å². The maximum absolute atomic E-state index is 12.3. The zero-order chi connectivity index (χ0) is 15.6. The number of aryl methyl sites for hydroxylation is 2. The second kappa shape index (κ2) is 6.05. The van der Waals surface area contributed by atoms with Gasteiger partial charge in [-0.05, 0) is 59.1 Å². The fourth-order valence-electron chi connectivity index (χ4n) is 2.05. The monoisotopic (exact) mass is 348 g/mol. The highest BCUT2D eigenvalue weighted by Gasteiger charge is 2.15. The fraction of sp³-hybridized carbons (Fsp3) is 0.133. The number of amides is 1. The lowest BCUT2D eigenvalue weighted by atomic mass is 10.1. The van der Waals surface area contributed by atoms with Gasteiger partial charge in [0.1, 0.15) is 0 Å². The topological polar surface area (TPSA) is 72.2 Å². The van der Waals surface area contributed by atoms with Crippen molar-refractivity contribution in [2.24, 2.45) is 0 Å². The summed E-state index contributed by atoms with van der Waals surface area (Å²) in [6, 6.07) is 9.78. The molecule has 0 atom stereocenters. The van der Waals surface area contributed by atoms with Gasteiger partial charge in [-0.15, -0.1) is 0 Å². The molecular weight excluding hydrogens is 336 g/mol. The number of nitro groups is 1. The van der Waals surface area contributed by atoms with Crippen molar-refractivity contribution in [3.63, 3.8) is 0 Å². The second-order valence-electron chi connectivity index (χ2n) is 4.75. The van der Waals surface area contributed by atoms with E-state index in [9.17, 15) is 14.9 Å². The van der Waals surface area contributed by atoms with E-state index in [4.69, 9.17) is 0 Å². The summed E-state index contributed by atoms with van der Waals surface area (Å²) in [7, 11) is 0. The first kappa shape index (κ1) is 15.2. The number of non-ortho nitro benzene ring substituents is 1. The molecule has 0 unspecified atom stereocenters. The fourth-order valence-corrected chi connectivity index (χ4v) is 2.47. The molecular formula is C15H13BrN2O3. The lowest BCUT2D eigenvalue weighted by Crippen LogP contribution is -2.13. The number of nitrogens with zero attached hydrogens (tertiary/aromatic N) is 1. The Morgan fingerprint density at radius 1 is 1.14 bits per heavy atom. The standard InChI is InChI=1S/C15H13BrN2O3/c1-9-5-10(2)7-11(6-9)17-15(19)13-8-12(18(20)21)3-4-14(13)16/h3-8H,1-2H3,(H,17,19). The van der Waals surface area contributed by atoms with Crippen LogP contribution in [0.5, 0.6) is 0 Å². The molecule has 2 aromatic carbocycles. The lowest BCUT2D eigenvalue weighted by molar-refractivity contribution is -0.384. The van der Waals surface area contributed by atoms with Crippen LogP contribution in [0.25, 0.3) is 0 Å². The molecule has 0 saturated carbocycles. The molecule has 0 aromatic heterocycles. The van der Waals surface area contributed by atoms with E-state index in [1.165, 1.54) is 18.2 Å². The van der Waals surface area contributed by atoms with Crippen molar-refractivity contribution in [2.75, 3.05) is 5.32 Å². The Balaban J connectivity index is 2.31. The Bertz CT molecular complexity index is 709. The minimum absolute atomic E-state index is 0.122. The van der Waals surface area contributed by atoms with E-state index < -0.39 is 10.8 Å². The highest BCUT2D eigenvalue weighted by molar-refractivity contribution is 9.10. The molecule has 21 heavy (non-hydrogen) atoms. The number of hydrogen-bond acceptors (Lipinski definition) is 3. The Morgan fingerprint density at radius 2 is 1.76 bits per heavy atom. The largest absolute Gasteiger partial charge is 0.322 e. The molecule has 0 heterocycles. The van der Waals surface area contributed by atoms with Crippen LogP contribution in [0.4, 0.5) is 11.4 Å². The van der Waals surface area contributed by atoms with E-state index in [0.717, 1.165) is 11.1 Å². The maximum atomic E-state index is 12.3. The summed E-state index contributed by atoms with van der Waals surface area (Å²) in [6.07, 6.45) is 0. The molecule has 1 N–H and O–H groups in total. The van der Waals surface area contributed by atoms with Crippen LogP contribution in [0.2, 0.25) is 0 Å². The molecule has 0 aliphatic heterocycles. The third kappa shape index (κ3) is 3.66. The van der Waals surface area contributed by atoms with E-state index >= 15 is 0 Å². The van der Waals surface area contributed by atoms with Crippen LogP contribution in [0, 0.1) is 24.0 Å². The summed E-state index contributed by atoms with van der Waals surface area (Å²) in [5.41, 5.74) is 2.83. The van der Waals surface area contributed by atoms with Crippen LogP contribution in [0.3, 0.4) is 0 Å². The third-order valence-electron chi connectivity index (χ3n) is 2.88. The Hall–Kier alpha value is -2.21. The third-order valence-corrected chi connectivity index (χ3v) is 3.58. The molecule has 5 nitrogen and oxygen atoms in total. The van der Waals surface area contributed by atoms with Gasteiger partial charge in [0, 0.05) is 22.3 Å². The molecule has 0 fully saturated rings. The lowest BCUT2D eigenvalue weighted by Gasteiger charge is -2.09. The molecule has 0 aliphatic rings. The van der Waals surface area contributed by atoms with Crippen molar-refractivity contribution in [1.82, 2.24) is 0 Å². The minimum Gasteiger partial charge on any atom is -0.322 e. The number of halogens is 1. The van der Waals surface area contributed by atoms with Crippen LogP contribution >= 0.6 is 15.9 Å². The average Bonchev–Trinajstić information content (AvgIpc) is 2.37. The van der Waals surface area contributed by atoms with Gasteiger partial charge in [-0.2, -0.15) is 0 Å². The maximum Gasteiger partial charge on any atom is 0.270 e. The predicted octanol–water partition coefficient (Wildman–Crippen LogP) is 4.23. The highest BCUT2D eigenvalue weighted by atomic mass is 79.9. The zero-order valence-corrected chi connectivity index (χ0v) is 13.1.